The summed E-state index contributed by atoms with van der Waals surface area (Å²) in [5, 5.41) is 9.70. The van der Waals surface area contributed by atoms with Crippen molar-refractivity contribution in [2.45, 2.75) is 31.2 Å². The van der Waals surface area contributed by atoms with Crippen LogP contribution in [0.2, 0.25) is 0 Å². The number of thiocarbonyl (C=S) groups is 1. The molecule has 0 aliphatic rings. The third kappa shape index (κ3) is 4.16. The van der Waals surface area contributed by atoms with E-state index in [1.807, 2.05) is 0 Å². The van der Waals surface area contributed by atoms with Gasteiger partial charge in [-0.15, -0.1) is 10.2 Å². The fourth-order valence-corrected chi connectivity index (χ4v) is 4.21. The Balaban J connectivity index is 3.10. The highest BCUT2D eigenvalue weighted by Gasteiger charge is 2.31. The van der Waals surface area contributed by atoms with E-state index >= 15 is 0 Å². The molecule has 0 spiro atoms. The molecular weight excluding hydrogens is 322 g/mol. The Labute approximate surface area is 126 Å². The quantitative estimate of drug-likeness (QED) is 0.561. The molecule has 3 N–H and O–H groups in total. The molecule has 0 radical (unpaired) electrons. The molecule has 112 valence electrons. The number of amides is 1. The Bertz CT molecular complexity index is 610. The van der Waals surface area contributed by atoms with Gasteiger partial charge < -0.3 is 11.1 Å². The fraction of sp³-hybridized carbons (Fsp3) is 0.556. The van der Waals surface area contributed by atoms with Crippen molar-refractivity contribution < 1.29 is 13.2 Å². The Morgan fingerprint density at radius 1 is 1.50 bits per heavy atom. The zero-order valence-corrected chi connectivity index (χ0v) is 13.6. The van der Waals surface area contributed by atoms with Crippen LogP contribution in [-0.2, 0) is 14.8 Å². The summed E-state index contributed by atoms with van der Waals surface area (Å²) in [6.45, 7) is 4.62. The van der Waals surface area contributed by atoms with E-state index in [1.165, 1.54) is 6.92 Å². The normalized spacial score (nSPS) is 11.8. The minimum atomic E-state index is -3.85. The van der Waals surface area contributed by atoms with E-state index in [4.69, 9.17) is 18.0 Å². The first-order valence-corrected chi connectivity index (χ1v) is 8.22. The van der Waals surface area contributed by atoms with Crippen LogP contribution < -0.4 is 11.1 Å². The zero-order valence-electron chi connectivity index (χ0n) is 11.2. The van der Waals surface area contributed by atoms with Crippen molar-refractivity contribution in [3.63, 3.8) is 0 Å². The molecule has 0 saturated heterocycles. The number of anilines is 1. The van der Waals surface area contributed by atoms with Crippen molar-refractivity contribution in [1.82, 2.24) is 14.5 Å². The summed E-state index contributed by atoms with van der Waals surface area (Å²) in [7, 11) is -3.85. The van der Waals surface area contributed by atoms with Crippen molar-refractivity contribution in [2.75, 3.05) is 11.9 Å². The maximum absolute atomic E-state index is 12.4. The number of hydrogen-bond donors (Lipinski definition) is 2. The Kier molecular flexibility index (Phi) is 5.50. The van der Waals surface area contributed by atoms with E-state index in [9.17, 15) is 13.2 Å². The van der Waals surface area contributed by atoms with Gasteiger partial charge in [0.1, 0.15) is 0 Å². The number of carbonyl (C=O) groups excluding carboxylic acids is 1. The number of carbonyl (C=O) groups is 1. The van der Waals surface area contributed by atoms with Crippen LogP contribution in [0.4, 0.5) is 5.13 Å². The van der Waals surface area contributed by atoms with Crippen LogP contribution in [0.15, 0.2) is 4.34 Å². The van der Waals surface area contributed by atoms with E-state index in [0.29, 0.717) is 0 Å². The minimum Gasteiger partial charge on any atom is -0.392 e. The largest absolute Gasteiger partial charge is 0.392 e. The lowest BCUT2D eigenvalue weighted by atomic mass is 10.4. The Morgan fingerprint density at radius 2 is 2.10 bits per heavy atom. The maximum atomic E-state index is 12.4. The molecule has 1 heterocycles. The molecule has 0 atom stereocenters. The van der Waals surface area contributed by atoms with Crippen molar-refractivity contribution in [3.05, 3.63) is 0 Å². The second-order valence-corrected chi connectivity index (χ2v) is 7.73. The highest BCUT2D eigenvalue weighted by molar-refractivity contribution is 7.91. The van der Waals surface area contributed by atoms with Gasteiger partial charge in [-0.05, 0) is 13.8 Å². The van der Waals surface area contributed by atoms with Gasteiger partial charge >= 0.3 is 0 Å². The van der Waals surface area contributed by atoms with Gasteiger partial charge in [0.15, 0.2) is 0 Å². The fourth-order valence-electron chi connectivity index (χ4n) is 1.31. The lowest BCUT2D eigenvalue weighted by molar-refractivity contribution is -0.114. The highest BCUT2D eigenvalue weighted by Crippen LogP contribution is 2.24. The predicted molar refractivity (Wildman–Crippen MR) is 80.0 cm³/mol. The van der Waals surface area contributed by atoms with Crippen LogP contribution >= 0.6 is 23.6 Å². The Morgan fingerprint density at radius 3 is 2.55 bits per heavy atom. The van der Waals surface area contributed by atoms with Gasteiger partial charge in [0.05, 0.1) is 11.5 Å². The average molecular weight is 337 g/mol. The second-order valence-electron chi connectivity index (χ2n) is 4.16. The first-order valence-electron chi connectivity index (χ1n) is 5.56. The van der Waals surface area contributed by atoms with Crippen LogP contribution in [0, 0.1) is 0 Å². The third-order valence-electron chi connectivity index (χ3n) is 2.11. The molecular formula is C9H15N5O3S3. The van der Waals surface area contributed by atoms with Crippen LogP contribution in [0.3, 0.4) is 0 Å². The minimum absolute atomic E-state index is 0.0638. The van der Waals surface area contributed by atoms with Crippen molar-refractivity contribution in [2.24, 2.45) is 5.73 Å². The lowest BCUT2D eigenvalue weighted by Gasteiger charge is -2.23. The van der Waals surface area contributed by atoms with Gasteiger partial charge in [0, 0.05) is 13.0 Å². The summed E-state index contributed by atoms with van der Waals surface area (Å²) < 4.78 is 25.7. The van der Waals surface area contributed by atoms with Gasteiger partial charge in [-0.3, -0.25) is 4.79 Å². The molecule has 1 aromatic heterocycles. The van der Waals surface area contributed by atoms with Crippen molar-refractivity contribution in [3.8, 4) is 0 Å². The zero-order chi connectivity index (χ0) is 15.5. The predicted octanol–water partition coefficient (Wildman–Crippen LogP) is 0.182. The number of sulfonamides is 1. The average Bonchev–Trinajstić information content (AvgIpc) is 2.73. The molecule has 1 rings (SSSR count). The van der Waals surface area contributed by atoms with Crippen LogP contribution in [-0.4, -0.2) is 46.4 Å². The number of hydrogen-bond acceptors (Lipinski definition) is 7. The van der Waals surface area contributed by atoms with Crippen LogP contribution in [0.5, 0.6) is 0 Å². The van der Waals surface area contributed by atoms with E-state index in [1.54, 1.807) is 13.8 Å². The Hall–Kier alpha value is -1.17. The summed E-state index contributed by atoms with van der Waals surface area (Å²) in [4.78, 5) is 11.0. The maximum Gasteiger partial charge on any atom is 0.272 e. The first kappa shape index (κ1) is 16.9. The van der Waals surface area contributed by atoms with E-state index in [0.717, 1.165) is 15.6 Å². The lowest BCUT2D eigenvalue weighted by Crippen LogP contribution is -2.42. The number of nitrogens with zero attached hydrogens (tertiary/aromatic N) is 3. The van der Waals surface area contributed by atoms with E-state index in [-0.39, 0.29) is 33.0 Å². The van der Waals surface area contributed by atoms with Crippen molar-refractivity contribution >= 4 is 49.6 Å². The molecule has 0 saturated carbocycles. The molecule has 1 amide bonds. The number of rotatable bonds is 6. The van der Waals surface area contributed by atoms with Gasteiger partial charge in [0.25, 0.3) is 10.0 Å². The van der Waals surface area contributed by atoms with E-state index < -0.39 is 10.0 Å². The van der Waals surface area contributed by atoms with Crippen molar-refractivity contribution in [1.29, 1.82) is 0 Å². The summed E-state index contributed by atoms with van der Waals surface area (Å²) >= 11 is 5.53. The monoisotopic (exact) mass is 337 g/mol. The standard InChI is InChI=1S/C9H15N5O3S3/c1-5(2)14(4-7(10)18)20(16,17)9-13-12-8(19-9)11-6(3)15/h5H,4H2,1-3H3,(H2,10,18)(H,11,12,15). The van der Waals surface area contributed by atoms with Crippen LogP contribution in [0.1, 0.15) is 20.8 Å². The topological polar surface area (TPSA) is 118 Å². The SMILES string of the molecule is CC(=O)Nc1nnc(S(=O)(=O)N(CC(N)=S)C(C)C)s1. The van der Waals surface area contributed by atoms with Gasteiger partial charge in [-0.1, -0.05) is 23.6 Å². The number of aromatic nitrogens is 2. The van der Waals surface area contributed by atoms with E-state index in [2.05, 4.69) is 15.5 Å². The third-order valence-corrected chi connectivity index (χ3v) is 5.44. The molecule has 0 bridgehead atoms. The summed E-state index contributed by atoms with van der Waals surface area (Å²) in [6, 6.07) is -0.338. The molecule has 20 heavy (non-hydrogen) atoms. The van der Waals surface area contributed by atoms with Gasteiger partial charge in [0.2, 0.25) is 15.4 Å². The summed E-state index contributed by atoms with van der Waals surface area (Å²) in [5.74, 6) is -0.353. The molecule has 0 aliphatic heterocycles. The number of nitrogens with one attached hydrogen (secondary N) is 1. The smallest absolute Gasteiger partial charge is 0.272 e. The van der Waals surface area contributed by atoms with Crippen LogP contribution in [0.25, 0.3) is 0 Å². The molecule has 8 nitrogen and oxygen atoms in total. The molecule has 1 aromatic rings. The molecule has 11 heteroatoms. The van der Waals surface area contributed by atoms with Gasteiger partial charge in [-0.2, -0.15) is 4.31 Å². The molecule has 0 aromatic carbocycles. The second kappa shape index (κ2) is 6.52. The molecule has 0 unspecified atom stereocenters. The number of nitrogens with two attached hydrogens (primary N) is 1. The molecule has 0 fully saturated rings. The van der Waals surface area contributed by atoms with Gasteiger partial charge in [-0.25, -0.2) is 8.42 Å². The first-order chi connectivity index (χ1) is 9.14. The molecule has 0 aliphatic carbocycles. The summed E-state index contributed by atoms with van der Waals surface area (Å²) in [6.07, 6.45) is 0. The highest BCUT2D eigenvalue weighted by atomic mass is 32.2. The summed E-state index contributed by atoms with van der Waals surface area (Å²) in [5.41, 5.74) is 5.41.